The third-order valence-corrected chi connectivity index (χ3v) is 2.92. The van der Waals surface area contributed by atoms with Crippen LogP contribution in [-0.2, 0) is 11.3 Å². The monoisotopic (exact) mass is 292 g/mol. The molecule has 0 saturated carbocycles. The van der Waals surface area contributed by atoms with E-state index in [0.29, 0.717) is 16.4 Å². The molecule has 104 valence electrons. The summed E-state index contributed by atoms with van der Waals surface area (Å²) >= 11 is 5.79. The number of nitrogens with zero attached hydrogens (tertiary/aromatic N) is 2. The largest absolute Gasteiger partial charge is 0.397 e. The number of hydrogen-bond acceptors (Lipinski definition) is 4. The van der Waals surface area contributed by atoms with Crippen LogP contribution in [0, 0.1) is 6.92 Å². The highest BCUT2D eigenvalue weighted by Crippen LogP contribution is 2.22. The standard InChI is InChI=1S/C13H13ClN4O2/c1-8-5-16-13(20)18(6-8)7-12(19)17-9-2-3-10(14)11(15)4-9/h2-6H,7,15H2,1H3,(H,17,19). The van der Waals surface area contributed by atoms with E-state index in [1.165, 1.54) is 10.8 Å². The number of carbonyl (C=O) groups is 1. The minimum absolute atomic E-state index is 0.115. The fraction of sp³-hybridized carbons (Fsp3) is 0.154. The van der Waals surface area contributed by atoms with Gasteiger partial charge in [-0.25, -0.2) is 9.78 Å². The number of nitrogen functional groups attached to an aromatic ring is 1. The summed E-state index contributed by atoms with van der Waals surface area (Å²) in [6.07, 6.45) is 3.03. The lowest BCUT2D eigenvalue weighted by Crippen LogP contribution is -2.29. The summed E-state index contributed by atoms with van der Waals surface area (Å²) in [6, 6.07) is 4.78. The van der Waals surface area contributed by atoms with Crippen molar-refractivity contribution in [2.45, 2.75) is 13.5 Å². The molecule has 20 heavy (non-hydrogen) atoms. The predicted molar refractivity (Wildman–Crippen MR) is 77.7 cm³/mol. The van der Waals surface area contributed by atoms with Crippen molar-refractivity contribution in [3.05, 3.63) is 51.7 Å². The highest BCUT2D eigenvalue weighted by molar-refractivity contribution is 6.33. The van der Waals surface area contributed by atoms with E-state index in [1.54, 1.807) is 31.3 Å². The van der Waals surface area contributed by atoms with Crippen LogP contribution in [0.1, 0.15) is 5.56 Å². The van der Waals surface area contributed by atoms with Gasteiger partial charge in [-0.1, -0.05) is 11.6 Å². The Morgan fingerprint density at radius 3 is 2.95 bits per heavy atom. The first-order valence-corrected chi connectivity index (χ1v) is 6.21. The van der Waals surface area contributed by atoms with Crippen molar-refractivity contribution >= 4 is 28.9 Å². The van der Waals surface area contributed by atoms with Crippen molar-refractivity contribution in [2.75, 3.05) is 11.1 Å². The van der Waals surface area contributed by atoms with E-state index in [4.69, 9.17) is 17.3 Å². The lowest BCUT2D eigenvalue weighted by Gasteiger charge is -2.08. The van der Waals surface area contributed by atoms with Crippen LogP contribution in [-0.4, -0.2) is 15.5 Å². The van der Waals surface area contributed by atoms with E-state index in [-0.39, 0.29) is 12.5 Å². The molecule has 1 aromatic heterocycles. The molecule has 1 aromatic carbocycles. The number of aryl methyl sites for hydroxylation is 1. The van der Waals surface area contributed by atoms with Crippen LogP contribution in [0.4, 0.5) is 11.4 Å². The Kier molecular flexibility index (Phi) is 4.05. The zero-order valence-electron chi connectivity index (χ0n) is 10.8. The highest BCUT2D eigenvalue weighted by atomic mass is 35.5. The van der Waals surface area contributed by atoms with Gasteiger partial charge in [-0.2, -0.15) is 0 Å². The van der Waals surface area contributed by atoms with Gasteiger partial charge in [-0.3, -0.25) is 9.36 Å². The third-order valence-electron chi connectivity index (χ3n) is 2.58. The molecule has 0 unspecified atom stereocenters. The van der Waals surface area contributed by atoms with E-state index >= 15 is 0 Å². The Balaban J connectivity index is 2.11. The molecule has 0 fully saturated rings. The summed E-state index contributed by atoms with van der Waals surface area (Å²) in [5.41, 5.74) is 6.87. The molecular formula is C13H13ClN4O2. The molecular weight excluding hydrogens is 280 g/mol. The summed E-state index contributed by atoms with van der Waals surface area (Å²) < 4.78 is 1.24. The minimum atomic E-state index is -0.471. The van der Waals surface area contributed by atoms with Crippen molar-refractivity contribution in [1.82, 2.24) is 9.55 Å². The average Bonchev–Trinajstić information content (AvgIpc) is 2.38. The number of halogens is 1. The molecule has 0 spiro atoms. The highest BCUT2D eigenvalue weighted by Gasteiger charge is 2.07. The number of rotatable bonds is 3. The van der Waals surface area contributed by atoms with Gasteiger partial charge in [-0.15, -0.1) is 0 Å². The van der Waals surface area contributed by atoms with Crippen LogP contribution in [0.3, 0.4) is 0 Å². The fourth-order valence-corrected chi connectivity index (χ4v) is 1.77. The summed E-state index contributed by atoms with van der Waals surface area (Å²) in [6.45, 7) is 1.68. The van der Waals surface area contributed by atoms with Crippen LogP contribution in [0.5, 0.6) is 0 Å². The molecule has 0 bridgehead atoms. The molecule has 6 nitrogen and oxygen atoms in total. The Morgan fingerprint density at radius 1 is 1.50 bits per heavy atom. The van der Waals surface area contributed by atoms with E-state index in [0.717, 1.165) is 5.56 Å². The first-order valence-electron chi connectivity index (χ1n) is 5.83. The van der Waals surface area contributed by atoms with E-state index in [2.05, 4.69) is 10.3 Å². The van der Waals surface area contributed by atoms with Crippen LogP contribution in [0.25, 0.3) is 0 Å². The van der Waals surface area contributed by atoms with Gasteiger partial charge in [-0.05, 0) is 30.7 Å². The predicted octanol–water partition coefficient (Wildman–Crippen LogP) is 1.43. The van der Waals surface area contributed by atoms with E-state index in [9.17, 15) is 9.59 Å². The quantitative estimate of drug-likeness (QED) is 0.837. The molecule has 2 rings (SSSR count). The maximum absolute atomic E-state index is 11.9. The lowest BCUT2D eigenvalue weighted by molar-refractivity contribution is -0.116. The number of amides is 1. The Bertz CT molecular complexity index is 712. The normalized spacial score (nSPS) is 10.3. The number of anilines is 2. The zero-order valence-corrected chi connectivity index (χ0v) is 11.5. The van der Waals surface area contributed by atoms with Crippen molar-refractivity contribution in [3.63, 3.8) is 0 Å². The van der Waals surface area contributed by atoms with Crippen molar-refractivity contribution < 1.29 is 4.79 Å². The maximum Gasteiger partial charge on any atom is 0.347 e. The topological polar surface area (TPSA) is 90.0 Å². The van der Waals surface area contributed by atoms with Crippen molar-refractivity contribution in [1.29, 1.82) is 0 Å². The summed E-state index contributed by atoms with van der Waals surface area (Å²) in [5, 5.41) is 3.06. The minimum Gasteiger partial charge on any atom is -0.397 e. The van der Waals surface area contributed by atoms with Gasteiger partial charge in [0, 0.05) is 18.1 Å². The van der Waals surface area contributed by atoms with Gasteiger partial charge in [0.1, 0.15) is 6.54 Å². The second kappa shape index (κ2) is 5.75. The number of aromatic nitrogens is 2. The van der Waals surface area contributed by atoms with Gasteiger partial charge in [0.25, 0.3) is 0 Å². The number of hydrogen-bond donors (Lipinski definition) is 2. The summed E-state index contributed by atoms with van der Waals surface area (Å²) in [5.74, 6) is -0.346. The van der Waals surface area contributed by atoms with Crippen LogP contribution in [0.15, 0.2) is 35.4 Å². The molecule has 7 heteroatoms. The second-order valence-electron chi connectivity index (χ2n) is 4.33. The molecule has 2 aromatic rings. The van der Waals surface area contributed by atoms with Crippen LogP contribution >= 0.6 is 11.6 Å². The van der Waals surface area contributed by atoms with E-state index < -0.39 is 5.69 Å². The van der Waals surface area contributed by atoms with Gasteiger partial charge in [0.05, 0.1) is 10.7 Å². The van der Waals surface area contributed by atoms with Gasteiger partial charge < -0.3 is 11.1 Å². The lowest BCUT2D eigenvalue weighted by atomic mass is 10.3. The molecule has 1 amide bonds. The fourth-order valence-electron chi connectivity index (χ4n) is 1.66. The molecule has 0 aliphatic heterocycles. The SMILES string of the molecule is Cc1cnc(=O)n(CC(=O)Nc2ccc(Cl)c(N)c2)c1. The molecule has 0 atom stereocenters. The Morgan fingerprint density at radius 2 is 2.25 bits per heavy atom. The molecule has 0 aliphatic rings. The molecule has 0 aliphatic carbocycles. The number of nitrogens with two attached hydrogens (primary N) is 1. The smallest absolute Gasteiger partial charge is 0.347 e. The maximum atomic E-state index is 11.9. The summed E-state index contributed by atoms with van der Waals surface area (Å²) in [4.78, 5) is 27.0. The molecule has 3 N–H and O–H groups in total. The first kappa shape index (κ1) is 14.1. The van der Waals surface area contributed by atoms with Crippen molar-refractivity contribution in [3.8, 4) is 0 Å². The van der Waals surface area contributed by atoms with Crippen LogP contribution in [0.2, 0.25) is 5.02 Å². The molecule has 0 radical (unpaired) electrons. The average molecular weight is 293 g/mol. The first-order chi connectivity index (χ1) is 9.45. The second-order valence-corrected chi connectivity index (χ2v) is 4.73. The van der Waals surface area contributed by atoms with Gasteiger partial charge in [0.2, 0.25) is 5.91 Å². The van der Waals surface area contributed by atoms with E-state index in [1.807, 2.05) is 0 Å². The Hall–Kier alpha value is -2.34. The zero-order chi connectivity index (χ0) is 14.7. The number of carbonyl (C=O) groups excluding carboxylic acids is 1. The van der Waals surface area contributed by atoms with Crippen molar-refractivity contribution in [2.24, 2.45) is 0 Å². The van der Waals surface area contributed by atoms with Crippen LogP contribution < -0.4 is 16.7 Å². The number of benzene rings is 1. The molecule has 1 heterocycles. The third kappa shape index (κ3) is 3.36. The van der Waals surface area contributed by atoms with Gasteiger partial charge >= 0.3 is 5.69 Å². The summed E-state index contributed by atoms with van der Waals surface area (Å²) in [7, 11) is 0. The molecule has 0 saturated heterocycles. The Labute approximate surface area is 120 Å². The van der Waals surface area contributed by atoms with Gasteiger partial charge in [0.15, 0.2) is 0 Å². The number of nitrogens with one attached hydrogen (secondary N) is 1.